The van der Waals surface area contributed by atoms with E-state index in [-0.39, 0.29) is 5.56 Å². The second kappa shape index (κ2) is 6.53. The van der Waals surface area contributed by atoms with Gasteiger partial charge in [-0.2, -0.15) is 0 Å². The molecule has 1 aromatic carbocycles. The van der Waals surface area contributed by atoms with Gasteiger partial charge in [0.1, 0.15) is 5.82 Å². The van der Waals surface area contributed by atoms with Crippen LogP contribution in [0.5, 0.6) is 0 Å². The molecule has 0 spiro atoms. The Bertz CT molecular complexity index is 1000. The Balaban J connectivity index is 1.64. The first kappa shape index (κ1) is 16.7. The number of para-hydroxylation sites is 1. The van der Waals surface area contributed by atoms with Crippen LogP contribution in [0, 0.1) is 13.8 Å². The fourth-order valence-corrected chi connectivity index (χ4v) is 3.64. The minimum Gasteiger partial charge on any atom is -0.294 e. The molecule has 0 radical (unpaired) electrons. The average molecular weight is 349 g/mol. The molecule has 3 aromatic rings. The van der Waals surface area contributed by atoms with Crippen LogP contribution in [0.3, 0.4) is 0 Å². The highest BCUT2D eigenvalue weighted by atomic mass is 16.1. The maximum Gasteiger partial charge on any atom is 0.276 e. The standard InChI is InChI=1S/C20H23N5O/c1-14-18(20(26)25(23(14)3)17-7-5-4-6-8-17)13-24-10-9-19-16(12-24)11-21-15(2)22-19/h4-8,11H,9-10,12-13H2,1-3H3. The van der Waals surface area contributed by atoms with Gasteiger partial charge < -0.3 is 0 Å². The highest BCUT2D eigenvalue weighted by Crippen LogP contribution is 2.19. The second-order valence-corrected chi connectivity index (χ2v) is 6.89. The molecular formula is C20H23N5O. The molecule has 0 N–H and O–H groups in total. The van der Waals surface area contributed by atoms with E-state index in [2.05, 4.69) is 14.9 Å². The summed E-state index contributed by atoms with van der Waals surface area (Å²) >= 11 is 0. The maximum atomic E-state index is 13.1. The van der Waals surface area contributed by atoms with Gasteiger partial charge in [0, 0.05) is 56.3 Å². The molecule has 6 heteroatoms. The van der Waals surface area contributed by atoms with Gasteiger partial charge in [0.15, 0.2) is 0 Å². The lowest BCUT2D eigenvalue weighted by Gasteiger charge is -2.27. The third-order valence-electron chi connectivity index (χ3n) is 5.19. The van der Waals surface area contributed by atoms with E-state index in [1.54, 1.807) is 4.68 Å². The summed E-state index contributed by atoms with van der Waals surface area (Å²) in [5.74, 6) is 0.821. The van der Waals surface area contributed by atoms with Gasteiger partial charge in [-0.05, 0) is 26.0 Å². The van der Waals surface area contributed by atoms with Crippen LogP contribution in [-0.4, -0.2) is 30.8 Å². The van der Waals surface area contributed by atoms with Crippen LogP contribution in [0.1, 0.15) is 28.3 Å². The Hall–Kier alpha value is -2.73. The zero-order valence-electron chi connectivity index (χ0n) is 15.4. The summed E-state index contributed by atoms with van der Waals surface area (Å²) in [6.07, 6.45) is 2.82. The summed E-state index contributed by atoms with van der Waals surface area (Å²) < 4.78 is 3.69. The van der Waals surface area contributed by atoms with Gasteiger partial charge in [-0.3, -0.25) is 14.4 Å². The summed E-state index contributed by atoms with van der Waals surface area (Å²) in [6.45, 7) is 6.27. The fraction of sp³-hybridized carbons (Fsp3) is 0.350. The number of rotatable bonds is 3. The summed E-state index contributed by atoms with van der Waals surface area (Å²) in [5, 5.41) is 0. The third-order valence-corrected chi connectivity index (χ3v) is 5.19. The fourth-order valence-electron chi connectivity index (χ4n) is 3.64. The Labute approximate surface area is 152 Å². The molecule has 0 atom stereocenters. The highest BCUT2D eigenvalue weighted by Gasteiger charge is 2.22. The van der Waals surface area contributed by atoms with E-state index >= 15 is 0 Å². The number of aryl methyl sites for hydroxylation is 1. The van der Waals surface area contributed by atoms with Crippen LogP contribution in [0.4, 0.5) is 0 Å². The van der Waals surface area contributed by atoms with Gasteiger partial charge in [-0.15, -0.1) is 0 Å². The average Bonchev–Trinajstić information content (AvgIpc) is 2.86. The summed E-state index contributed by atoms with van der Waals surface area (Å²) in [5.41, 5.74) is 5.11. The Morgan fingerprint density at radius 2 is 1.92 bits per heavy atom. The van der Waals surface area contributed by atoms with Crippen molar-refractivity contribution in [3.05, 3.63) is 75.2 Å². The maximum absolute atomic E-state index is 13.1. The van der Waals surface area contributed by atoms with E-state index in [1.165, 1.54) is 5.56 Å². The van der Waals surface area contributed by atoms with Crippen molar-refractivity contribution < 1.29 is 0 Å². The van der Waals surface area contributed by atoms with E-state index in [4.69, 9.17) is 0 Å². The monoisotopic (exact) mass is 349 g/mol. The predicted molar refractivity (Wildman–Crippen MR) is 100 cm³/mol. The topological polar surface area (TPSA) is 56.0 Å². The molecule has 134 valence electrons. The first-order chi connectivity index (χ1) is 12.5. The number of nitrogens with zero attached hydrogens (tertiary/aromatic N) is 5. The van der Waals surface area contributed by atoms with Crippen LogP contribution in [0.25, 0.3) is 5.69 Å². The predicted octanol–water partition coefficient (Wildman–Crippen LogP) is 2.14. The lowest BCUT2D eigenvalue weighted by atomic mass is 10.1. The van der Waals surface area contributed by atoms with Crippen molar-refractivity contribution in [3.8, 4) is 5.69 Å². The Morgan fingerprint density at radius 1 is 1.15 bits per heavy atom. The molecule has 0 saturated carbocycles. The molecule has 3 heterocycles. The molecule has 1 aliphatic rings. The highest BCUT2D eigenvalue weighted by molar-refractivity contribution is 5.33. The zero-order valence-corrected chi connectivity index (χ0v) is 15.4. The van der Waals surface area contributed by atoms with Crippen LogP contribution in [0.2, 0.25) is 0 Å². The molecule has 0 unspecified atom stereocenters. The number of hydrogen-bond acceptors (Lipinski definition) is 4. The normalized spacial score (nSPS) is 14.4. The number of benzene rings is 1. The van der Waals surface area contributed by atoms with Crippen molar-refractivity contribution in [1.29, 1.82) is 0 Å². The van der Waals surface area contributed by atoms with E-state index in [0.717, 1.165) is 48.0 Å². The van der Waals surface area contributed by atoms with Crippen LogP contribution in [0.15, 0.2) is 41.3 Å². The second-order valence-electron chi connectivity index (χ2n) is 6.89. The minimum absolute atomic E-state index is 0.0575. The quantitative estimate of drug-likeness (QED) is 0.727. The van der Waals surface area contributed by atoms with E-state index in [0.29, 0.717) is 6.54 Å². The Kier molecular flexibility index (Phi) is 4.20. The largest absolute Gasteiger partial charge is 0.294 e. The van der Waals surface area contributed by atoms with Crippen LogP contribution in [-0.2, 0) is 26.6 Å². The minimum atomic E-state index is 0.0575. The zero-order chi connectivity index (χ0) is 18.3. The van der Waals surface area contributed by atoms with Gasteiger partial charge in [-0.25, -0.2) is 14.6 Å². The molecule has 0 amide bonds. The molecular weight excluding hydrogens is 326 g/mol. The molecule has 2 aromatic heterocycles. The molecule has 26 heavy (non-hydrogen) atoms. The van der Waals surface area contributed by atoms with Crippen LogP contribution < -0.4 is 5.56 Å². The smallest absolute Gasteiger partial charge is 0.276 e. The van der Waals surface area contributed by atoms with Crippen LogP contribution >= 0.6 is 0 Å². The number of fused-ring (bicyclic) bond motifs is 1. The molecule has 4 rings (SSSR count). The van der Waals surface area contributed by atoms with Crippen molar-refractivity contribution in [1.82, 2.24) is 24.2 Å². The molecule has 0 saturated heterocycles. The van der Waals surface area contributed by atoms with Crippen molar-refractivity contribution in [2.75, 3.05) is 6.54 Å². The summed E-state index contributed by atoms with van der Waals surface area (Å²) in [6, 6.07) is 9.78. The molecule has 6 nitrogen and oxygen atoms in total. The van der Waals surface area contributed by atoms with Crippen molar-refractivity contribution >= 4 is 0 Å². The summed E-state index contributed by atoms with van der Waals surface area (Å²) in [4.78, 5) is 24.2. The van der Waals surface area contributed by atoms with E-state index < -0.39 is 0 Å². The summed E-state index contributed by atoms with van der Waals surface area (Å²) in [7, 11) is 1.94. The third kappa shape index (κ3) is 2.86. The lowest BCUT2D eigenvalue weighted by Crippen LogP contribution is -2.33. The van der Waals surface area contributed by atoms with Crippen molar-refractivity contribution in [2.24, 2.45) is 7.05 Å². The lowest BCUT2D eigenvalue weighted by molar-refractivity contribution is 0.241. The van der Waals surface area contributed by atoms with Gasteiger partial charge in [0.2, 0.25) is 0 Å². The van der Waals surface area contributed by atoms with Gasteiger partial charge >= 0.3 is 0 Å². The molecule has 0 aliphatic carbocycles. The van der Waals surface area contributed by atoms with Crippen molar-refractivity contribution in [2.45, 2.75) is 33.4 Å². The van der Waals surface area contributed by atoms with Gasteiger partial charge in [0.25, 0.3) is 5.56 Å². The van der Waals surface area contributed by atoms with E-state index in [9.17, 15) is 4.79 Å². The molecule has 1 aliphatic heterocycles. The SMILES string of the molecule is Cc1ncc2c(n1)CCN(Cc1c(C)n(C)n(-c3ccccc3)c1=O)C2. The van der Waals surface area contributed by atoms with E-state index in [1.807, 2.05) is 62.1 Å². The van der Waals surface area contributed by atoms with Gasteiger partial charge in [-0.1, -0.05) is 18.2 Å². The number of aromatic nitrogens is 4. The molecule has 0 bridgehead atoms. The van der Waals surface area contributed by atoms with Gasteiger partial charge in [0.05, 0.1) is 11.3 Å². The number of hydrogen-bond donors (Lipinski definition) is 0. The Morgan fingerprint density at radius 3 is 2.69 bits per heavy atom. The first-order valence-electron chi connectivity index (χ1n) is 8.91. The van der Waals surface area contributed by atoms with Crippen molar-refractivity contribution in [3.63, 3.8) is 0 Å². The first-order valence-corrected chi connectivity index (χ1v) is 8.91. The molecule has 0 fully saturated rings.